The summed E-state index contributed by atoms with van der Waals surface area (Å²) in [6.45, 7) is 3.05. The van der Waals surface area contributed by atoms with Crippen LogP contribution in [0.4, 0.5) is 5.69 Å². The number of rotatable bonds is 4. The Bertz CT molecular complexity index is 681. The van der Waals surface area contributed by atoms with Gasteiger partial charge in [0.2, 0.25) is 0 Å². The molecule has 0 spiro atoms. The number of aromatic nitrogens is 1. The van der Waals surface area contributed by atoms with Crippen LogP contribution in [0.15, 0.2) is 42.6 Å². The largest absolute Gasteiger partial charge is 0.399 e. The van der Waals surface area contributed by atoms with Crippen LogP contribution in [0.1, 0.15) is 43.0 Å². The Balaban J connectivity index is 1.78. The quantitative estimate of drug-likeness (QED) is 0.936. The van der Waals surface area contributed by atoms with Crippen molar-refractivity contribution in [3.8, 4) is 11.3 Å². The molecule has 0 saturated carbocycles. The fourth-order valence-corrected chi connectivity index (χ4v) is 3.29. The van der Waals surface area contributed by atoms with Crippen LogP contribution >= 0.6 is 0 Å². The van der Waals surface area contributed by atoms with Crippen LogP contribution in [0.5, 0.6) is 0 Å². The van der Waals surface area contributed by atoms with Crippen molar-refractivity contribution in [1.82, 2.24) is 9.88 Å². The van der Waals surface area contributed by atoms with Crippen LogP contribution in [-0.4, -0.2) is 28.4 Å². The number of carbonyl (C=O) groups excluding carboxylic acids is 1. The molecule has 0 radical (unpaired) electrons. The van der Waals surface area contributed by atoms with Gasteiger partial charge in [0.15, 0.2) is 0 Å². The van der Waals surface area contributed by atoms with Gasteiger partial charge < -0.3 is 10.6 Å². The minimum absolute atomic E-state index is 0.146. The molecule has 2 heterocycles. The lowest BCUT2D eigenvalue weighted by Gasteiger charge is -2.24. The second-order valence-electron chi connectivity index (χ2n) is 6.14. The van der Waals surface area contributed by atoms with Gasteiger partial charge in [0.1, 0.15) is 0 Å². The summed E-state index contributed by atoms with van der Waals surface area (Å²) in [5.74, 6) is 0.146. The minimum Gasteiger partial charge on any atom is -0.399 e. The number of anilines is 1. The predicted molar refractivity (Wildman–Crippen MR) is 93.1 cm³/mol. The molecule has 1 saturated heterocycles. The number of carbonyl (C=O) groups is 1. The number of nitrogens with zero attached hydrogens (tertiary/aromatic N) is 2. The SMILES string of the molecule is CCC[C@@H]1CCCN1C(=O)c1ccc(-c2cc(N)ccn2)cc1. The number of hydrogen-bond donors (Lipinski definition) is 1. The molecule has 1 aliphatic rings. The molecule has 0 aliphatic carbocycles. The molecular formula is C19H23N3O. The maximum atomic E-state index is 12.7. The number of pyridine rings is 1. The molecule has 4 nitrogen and oxygen atoms in total. The Morgan fingerprint density at radius 3 is 2.78 bits per heavy atom. The monoisotopic (exact) mass is 309 g/mol. The van der Waals surface area contributed by atoms with Crippen LogP contribution in [0, 0.1) is 0 Å². The van der Waals surface area contributed by atoms with Crippen molar-refractivity contribution < 1.29 is 4.79 Å². The molecule has 3 rings (SSSR count). The third kappa shape index (κ3) is 3.36. The van der Waals surface area contributed by atoms with Gasteiger partial charge >= 0.3 is 0 Å². The smallest absolute Gasteiger partial charge is 0.254 e. The van der Waals surface area contributed by atoms with Crippen LogP contribution in [0.2, 0.25) is 0 Å². The van der Waals surface area contributed by atoms with E-state index in [1.165, 1.54) is 0 Å². The van der Waals surface area contributed by atoms with Crippen molar-refractivity contribution in [3.63, 3.8) is 0 Å². The summed E-state index contributed by atoms with van der Waals surface area (Å²) in [5, 5.41) is 0. The Hall–Kier alpha value is -2.36. The molecule has 2 aromatic rings. The van der Waals surface area contributed by atoms with Gasteiger partial charge in [-0.2, -0.15) is 0 Å². The highest BCUT2D eigenvalue weighted by atomic mass is 16.2. The fraction of sp³-hybridized carbons (Fsp3) is 0.368. The first-order valence-corrected chi connectivity index (χ1v) is 8.32. The highest BCUT2D eigenvalue weighted by Gasteiger charge is 2.28. The van der Waals surface area contributed by atoms with E-state index < -0.39 is 0 Å². The summed E-state index contributed by atoms with van der Waals surface area (Å²) in [6.07, 6.45) is 6.15. The minimum atomic E-state index is 0.146. The number of nitrogen functional groups attached to an aromatic ring is 1. The summed E-state index contributed by atoms with van der Waals surface area (Å²) in [6, 6.07) is 11.7. The average Bonchev–Trinajstić information content (AvgIpc) is 3.03. The van der Waals surface area contributed by atoms with Gasteiger partial charge in [-0.25, -0.2) is 0 Å². The van der Waals surface area contributed by atoms with E-state index in [9.17, 15) is 4.79 Å². The number of amides is 1. The molecule has 1 aliphatic heterocycles. The Kier molecular flexibility index (Phi) is 4.60. The zero-order valence-electron chi connectivity index (χ0n) is 13.5. The lowest BCUT2D eigenvalue weighted by Crippen LogP contribution is -2.35. The van der Waals surface area contributed by atoms with E-state index in [1.54, 1.807) is 12.3 Å². The number of hydrogen-bond acceptors (Lipinski definition) is 3. The third-order valence-corrected chi connectivity index (χ3v) is 4.47. The molecular weight excluding hydrogens is 286 g/mol. The molecule has 1 aromatic heterocycles. The van der Waals surface area contributed by atoms with Crippen molar-refractivity contribution in [3.05, 3.63) is 48.2 Å². The first kappa shape index (κ1) is 15.5. The summed E-state index contributed by atoms with van der Waals surface area (Å²) in [5.41, 5.74) is 9.04. The van der Waals surface area contributed by atoms with Gasteiger partial charge in [0, 0.05) is 35.6 Å². The Morgan fingerprint density at radius 2 is 2.09 bits per heavy atom. The maximum Gasteiger partial charge on any atom is 0.254 e. The van der Waals surface area contributed by atoms with Crippen molar-refractivity contribution in [2.45, 2.75) is 38.6 Å². The Labute approximate surface area is 137 Å². The highest BCUT2D eigenvalue weighted by molar-refractivity contribution is 5.95. The van der Waals surface area contributed by atoms with Gasteiger partial charge in [0.05, 0.1) is 5.69 Å². The zero-order valence-corrected chi connectivity index (χ0v) is 13.5. The van der Waals surface area contributed by atoms with E-state index in [0.29, 0.717) is 11.7 Å². The van der Waals surface area contributed by atoms with Crippen LogP contribution < -0.4 is 5.73 Å². The lowest BCUT2D eigenvalue weighted by molar-refractivity contribution is 0.0730. The molecule has 4 heteroatoms. The molecule has 1 fully saturated rings. The van der Waals surface area contributed by atoms with E-state index in [2.05, 4.69) is 11.9 Å². The van der Waals surface area contributed by atoms with E-state index in [4.69, 9.17) is 5.73 Å². The lowest BCUT2D eigenvalue weighted by atomic mass is 10.1. The van der Waals surface area contributed by atoms with E-state index in [1.807, 2.05) is 35.2 Å². The summed E-state index contributed by atoms with van der Waals surface area (Å²) in [7, 11) is 0. The predicted octanol–water partition coefficient (Wildman–Crippen LogP) is 3.74. The Morgan fingerprint density at radius 1 is 1.30 bits per heavy atom. The molecule has 0 bridgehead atoms. The summed E-state index contributed by atoms with van der Waals surface area (Å²) < 4.78 is 0. The number of nitrogens with two attached hydrogens (primary N) is 1. The normalized spacial score (nSPS) is 17.4. The third-order valence-electron chi connectivity index (χ3n) is 4.47. The topological polar surface area (TPSA) is 59.2 Å². The van der Waals surface area contributed by atoms with Gasteiger partial charge in [-0.1, -0.05) is 25.5 Å². The molecule has 2 N–H and O–H groups in total. The molecule has 1 atom stereocenters. The number of likely N-dealkylation sites (tertiary alicyclic amines) is 1. The molecule has 23 heavy (non-hydrogen) atoms. The number of benzene rings is 1. The second-order valence-corrected chi connectivity index (χ2v) is 6.14. The van der Waals surface area contributed by atoms with Crippen molar-refractivity contribution >= 4 is 11.6 Å². The maximum absolute atomic E-state index is 12.7. The molecule has 120 valence electrons. The first-order valence-electron chi connectivity index (χ1n) is 8.32. The summed E-state index contributed by atoms with van der Waals surface area (Å²) in [4.78, 5) is 19.1. The average molecular weight is 309 g/mol. The van der Waals surface area contributed by atoms with E-state index >= 15 is 0 Å². The van der Waals surface area contributed by atoms with Crippen molar-refractivity contribution in [1.29, 1.82) is 0 Å². The van der Waals surface area contributed by atoms with Gasteiger partial charge in [-0.15, -0.1) is 0 Å². The van der Waals surface area contributed by atoms with Crippen LogP contribution in [-0.2, 0) is 0 Å². The van der Waals surface area contributed by atoms with Gasteiger partial charge in [-0.05, 0) is 43.5 Å². The molecule has 1 amide bonds. The second kappa shape index (κ2) is 6.82. The van der Waals surface area contributed by atoms with E-state index in [-0.39, 0.29) is 5.91 Å². The van der Waals surface area contributed by atoms with Gasteiger partial charge in [-0.3, -0.25) is 9.78 Å². The van der Waals surface area contributed by atoms with Gasteiger partial charge in [0.25, 0.3) is 5.91 Å². The van der Waals surface area contributed by atoms with Crippen LogP contribution in [0.25, 0.3) is 11.3 Å². The van der Waals surface area contributed by atoms with E-state index in [0.717, 1.165) is 49.0 Å². The van der Waals surface area contributed by atoms with Crippen LogP contribution in [0.3, 0.4) is 0 Å². The molecule has 1 aromatic carbocycles. The fourth-order valence-electron chi connectivity index (χ4n) is 3.29. The highest BCUT2D eigenvalue weighted by Crippen LogP contribution is 2.25. The standard InChI is InChI=1S/C19H23N3O/c1-2-4-17-5-3-12-22(17)19(23)15-8-6-14(7-9-15)18-13-16(20)10-11-21-18/h6-11,13,17H,2-5,12H2,1H3,(H2,20,21)/t17-/m1/s1. The molecule has 0 unspecified atom stereocenters. The first-order chi connectivity index (χ1) is 11.2. The summed E-state index contributed by atoms with van der Waals surface area (Å²) >= 11 is 0. The zero-order chi connectivity index (χ0) is 16.2. The van der Waals surface area contributed by atoms with Crippen molar-refractivity contribution in [2.75, 3.05) is 12.3 Å². The van der Waals surface area contributed by atoms with Crippen molar-refractivity contribution in [2.24, 2.45) is 0 Å².